The van der Waals surface area contributed by atoms with E-state index in [-0.39, 0.29) is 10.8 Å². The van der Waals surface area contributed by atoms with Crippen LogP contribution in [0.3, 0.4) is 0 Å². The lowest BCUT2D eigenvalue weighted by atomic mass is 9.82. The molecule has 9 rings (SSSR count). The number of hydrogen-bond acceptors (Lipinski definition) is 1. The van der Waals surface area contributed by atoms with Crippen LogP contribution >= 0.6 is 0 Å². The van der Waals surface area contributed by atoms with Crippen LogP contribution in [0.15, 0.2) is 182 Å². The SMILES string of the molecule is CC(C)(C)c1cc(-c2ccccc2)ccc1N(c1ccc(-c2cccc3cccc(-c4ccccc4)c23)cc1)c1ccc2c(c1)C(C)(C)c1ccccc1-2. The van der Waals surface area contributed by atoms with Crippen molar-refractivity contribution in [2.24, 2.45) is 0 Å². The van der Waals surface area contributed by atoms with Gasteiger partial charge in [-0.15, -0.1) is 0 Å². The molecule has 0 atom stereocenters. The summed E-state index contributed by atoms with van der Waals surface area (Å²) in [5, 5.41) is 2.53. The summed E-state index contributed by atoms with van der Waals surface area (Å²) in [4.78, 5) is 2.48. The zero-order chi connectivity index (χ0) is 37.0. The van der Waals surface area contributed by atoms with E-state index in [1.54, 1.807) is 0 Å². The Morgan fingerprint density at radius 1 is 0.407 bits per heavy atom. The topological polar surface area (TPSA) is 3.24 Å². The summed E-state index contributed by atoms with van der Waals surface area (Å²) in [6.07, 6.45) is 0. The zero-order valence-electron chi connectivity index (χ0n) is 31.8. The van der Waals surface area contributed by atoms with Crippen LogP contribution in [-0.4, -0.2) is 0 Å². The van der Waals surface area contributed by atoms with Crippen molar-refractivity contribution in [3.05, 3.63) is 199 Å². The molecule has 0 aliphatic heterocycles. The number of rotatable bonds is 6. The molecule has 0 radical (unpaired) electrons. The van der Waals surface area contributed by atoms with E-state index >= 15 is 0 Å². The van der Waals surface area contributed by atoms with Crippen LogP contribution in [0.2, 0.25) is 0 Å². The third-order valence-corrected chi connectivity index (χ3v) is 11.4. The third-order valence-electron chi connectivity index (χ3n) is 11.4. The van der Waals surface area contributed by atoms with Crippen molar-refractivity contribution >= 4 is 27.8 Å². The zero-order valence-corrected chi connectivity index (χ0v) is 31.8. The Morgan fingerprint density at radius 2 is 0.944 bits per heavy atom. The van der Waals surface area contributed by atoms with Crippen LogP contribution in [0.5, 0.6) is 0 Å². The molecule has 262 valence electrons. The van der Waals surface area contributed by atoms with Gasteiger partial charge in [0.1, 0.15) is 0 Å². The summed E-state index contributed by atoms with van der Waals surface area (Å²) in [7, 11) is 0. The molecule has 0 amide bonds. The third kappa shape index (κ3) is 5.72. The number of hydrogen-bond donors (Lipinski definition) is 0. The van der Waals surface area contributed by atoms with Gasteiger partial charge in [-0.3, -0.25) is 0 Å². The lowest BCUT2D eigenvalue weighted by Gasteiger charge is -2.33. The van der Waals surface area contributed by atoms with Crippen LogP contribution in [0.4, 0.5) is 17.1 Å². The Morgan fingerprint density at radius 3 is 1.61 bits per heavy atom. The molecule has 1 heteroatoms. The van der Waals surface area contributed by atoms with E-state index in [9.17, 15) is 0 Å². The number of fused-ring (bicyclic) bond motifs is 4. The summed E-state index contributed by atoms with van der Waals surface area (Å²) in [6.45, 7) is 11.7. The Balaban J connectivity index is 1.22. The largest absolute Gasteiger partial charge is 0.310 e. The maximum atomic E-state index is 2.48. The van der Waals surface area contributed by atoms with Crippen LogP contribution < -0.4 is 4.90 Å². The standard InChI is InChI=1S/C53H45N/c1-52(2,3)49-34-40(36-16-8-6-9-17-36)28-33-50(49)54(42-31-32-46-45-22-12-13-25-47(45)53(4,5)48(46)35-42)41-29-26-38(27-30-41)44-24-15-21-39-20-14-23-43(51(39)44)37-18-10-7-11-19-37/h6-35H,1-5H3. The first-order valence-corrected chi connectivity index (χ1v) is 19.1. The second-order valence-corrected chi connectivity index (χ2v) is 16.2. The predicted octanol–water partition coefficient (Wildman–Crippen LogP) is 14.9. The smallest absolute Gasteiger partial charge is 0.0499 e. The van der Waals surface area contributed by atoms with Crippen molar-refractivity contribution in [2.75, 3.05) is 4.90 Å². The molecule has 0 N–H and O–H groups in total. The molecule has 0 saturated heterocycles. The fourth-order valence-electron chi connectivity index (χ4n) is 8.63. The molecule has 0 bridgehead atoms. The average Bonchev–Trinajstić information content (AvgIpc) is 3.43. The Hall–Kier alpha value is -6.18. The van der Waals surface area contributed by atoms with E-state index < -0.39 is 0 Å². The van der Waals surface area contributed by atoms with Crippen LogP contribution in [0.25, 0.3) is 55.3 Å². The highest BCUT2D eigenvalue weighted by Crippen LogP contribution is 2.51. The van der Waals surface area contributed by atoms with Gasteiger partial charge in [-0.25, -0.2) is 0 Å². The normalized spacial score (nSPS) is 13.1. The van der Waals surface area contributed by atoms with Crippen LogP contribution in [0.1, 0.15) is 51.3 Å². The maximum absolute atomic E-state index is 2.48. The molecule has 0 heterocycles. The van der Waals surface area contributed by atoms with Gasteiger partial charge in [-0.1, -0.05) is 180 Å². The predicted molar refractivity (Wildman–Crippen MR) is 231 cm³/mol. The molecule has 0 unspecified atom stereocenters. The molecule has 8 aromatic rings. The number of nitrogens with zero attached hydrogens (tertiary/aromatic N) is 1. The number of benzene rings is 8. The molecule has 0 spiro atoms. The van der Waals surface area contributed by atoms with Crippen molar-refractivity contribution in [3.63, 3.8) is 0 Å². The highest BCUT2D eigenvalue weighted by molar-refractivity contribution is 6.06. The van der Waals surface area contributed by atoms with E-state index in [4.69, 9.17) is 0 Å². The first-order valence-electron chi connectivity index (χ1n) is 19.1. The first-order chi connectivity index (χ1) is 26.2. The Kier molecular flexibility index (Phi) is 8.12. The van der Waals surface area contributed by atoms with E-state index in [1.165, 1.54) is 77.7 Å². The summed E-state index contributed by atoms with van der Waals surface area (Å²) in [6, 6.07) is 67.1. The fraction of sp³-hybridized carbons (Fsp3) is 0.132. The van der Waals surface area contributed by atoms with Gasteiger partial charge in [0.15, 0.2) is 0 Å². The molecule has 1 nitrogen and oxygen atoms in total. The summed E-state index contributed by atoms with van der Waals surface area (Å²) in [5.74, 6) is 0. The molecule has 0 saturated carbocycles. The molecule has 54 heavy (non-hydrogen) atoms. The van der Waals surface area contributed by atoms with Gasteiger partial charge >= 0.3 is 0 Å². The van der Waals surface area contributed by atoms with Gasteiger partial charge in [-0.05, 0) is 114 Å². The van der Waals surface area contributed by atoms with E-state index in [2.05, 4.69) is 222 Å². The minimum atomic E-state index is -0.110. The Bertz CT molecular complexity index is 2640. The number of anilines is 3. The van der Waals surface area contributed by atoms with Gasteiger partial charge in [0, 0.05) is 22.5 Å². The van der Waals surface area contributed by atoms with Crippen LogP contribution in [0, 0.1) is 0 Å². The minimum absolute atomic E-state index is 0.105. The second kappa shape index (κ2) is 13.0. The molecule has 0 fully saturated rings. The fourth-order valence-corrected chi connectivity index (χ4v) is 8.63. The lowest BCUT2D eigenvalue weighted by molar-refractivity contribution is 0.591. The quantitative estimate of drug-likeness (QED) is 0.167. The van der Waals surface area contributed by atoms with E-state index in [0.717, 1.165) is 11.4 Å². The summed E-state index contributed by atoms with van der Waals surface area (Å²) in [5.41, 5.74) is 17.4. The Labute approximate surface area is 320 Å². The monoisotopic (exact) mass is 695 g/mol. The highest BCUT2D eigenvalue weighted by atomic mass is 15.1. The second-order valence-electron chi connectivity index (χ2n) is 16.2. The van der Waals surface area contributed by atoms with Crippen molar-refractivity contribution in [1.29, 1.82) is 0 Å². The van der Waals surface area contributed by atoms with Gasteiger partial charge in [-0.2, -0.15) is 0 Å². The van der Waals surface area contributed by atoms with Gasteiger partial charge in [0.2, 0.25) is 0 Å². The van der Waals surface area contributed by atoms with Crippen molar-refractivity contribution < 1.29 is 0 Å². The molecule has 0 aromatic heterocycles. The average molecular weight is 696 g/mol. The molecule has 1 aliphatic carbocycles. The lowest BCUT2D eigenvalue weighted by Crippen LogP contribution is -2.20. The maximum Gasteiger partial charge on any atom is 0.0499 e. The molecule has 8 aromatic carbocycles. The first kappa shape index (κ1) is 33.6. The minimum Gasteiger partial charge on any atom is -0.310 e. The van der Waals surface area contributed by atoms with Crippen molar-refractivity contribution in [1.82, 2.24) is 0 Å². The van der Waals surface area contributed by atoms with Crippen molar-refractivity contribution in [2.45, 2.75) is 45.4 Å². The highest BCUT2D eigenvalue weighted by Gasteiger charge is 2.36. The van der Waals surface area contributed by atoms with Crippen LogP contribution in [-0.2, 0) is 10.8 Å². The van der Waals surface area contributed by atoms with E-state index in [0.29, 0.717) is 0 Å². The van der Waals surface area contributed by atoms with E-state index in [1.807, 2.05) is 0 Å². The summed E-state index contributed by atoms with van der Waals surface area (Å²) < 4.78 is 0. The van der Waals surface area contributed by atoms with Crippen molar-refractivity contribution in [3.8, 4) is 44.5 Å². The molecule has 1 aliphatic rings. The van der Waals surface area contributed by atoms with Gasteiger partial charge in [0.25, 0.3) is 0 Å². The van der Waals surface area contributed by atoms with Gasteiger partial charge < -0.3 is 4.90 Å². The summed E-state index contributed by atoms with van der Waals surface area (Å²) >= 11 is 0. The van der Waals surface area contributed by atoms with Gasteiger partial charge in [0.05, 0.1) is 0 Å². The molecular weight excluding hydrogens is 651 g/mol. The molecular formula is C53H45N.